The first-order chi connectivity index (χ1) is 15.4. The molecule has 0 radical (unpaired) electrons. The van der Waals surface area contributed by atoms with E-state index in [1.54, 1.807) is 35.2 Å². The summed E-state index contributed by atoms with van der Waals surface area (Å²) in [5.41, 5.74) is 10.3. The quantitative estimate of drug-likeness (QED) is 0.443. The zero-order chi connectivity index (χ0) is 23.0. The first kappa shape index (κ1) is 23.3. The second-order valence-corrected chi connectivity index (χ2v) is 11.1. The lowest BCUT2D eigenvalue weighted by atomic mass is 9.76. The number of Topliss-reactive ketones (excluding diaryl/α,β-unsaturated/α-hetero) is 1. The molecule has 2 heterocycles. The van der Waals surface area contributed by atoms with Crippen LogP contribution in [0.3, 0.4) is 0 Å². The van der Waals surface area contributed by atoms with Gasteiger partial charge in [0, 0.05) is 28.3 Å². The number of thioether (sulfide) groups is 1. The van der Waals surface area contributed by atoms with Crippen molar-refractivity contribution in [1.82, 2.24) is 0 Å². The number of nitrogens with two attached hydrogens (primary N) is 1. The molecule has 1 aliphatic carbocycles. The monoisotopic (exact) mass is 503 g/mol. The molecule has 0 fully saturated rings. The first-order valence-electron chi connectivity index (χ1n) is 10.6. The summed E-state index contributed by atoms with van der Waals surface area (Å²) < 4.78 is 1.16. The van der Waals surface area contributed by atoms with Crippen molar-refractivity contribution in [3.63, 3.8) is 0 Å². The fraction of sp³-hybridized carbons (Fsp3) is 0.333. The van der Waals surface area contributed by atoms with E-state index in [-0.39, 0.29) is 5.78 Å². The van der Waals surface area contributed by atoms with Gasteiger partial charge in [-0.25, -0.2) is 0 Å². The summed E-state index contributed by atoms with van der Waals surface area (Å²) in [5, 5.41) is 11.1. The lowest BCUT2D eigenvalue weighted by Gasteiger charge is -2.39. The van der Waals surface area contributed by atoms with E-state index >= 15 is 0 Å². The summed E-state index contributed by atoms with van der Waals surface area (Å²) in [5.74, 6) is 0.909. The zero-order valence-corrected chi connectivity index (χ0v) is 21.0. The fourth-order valence-corrected chi connectivity index (χ4v) is 7.05. The Morgan fingerprint density at radius 1 is 1.25 bits per heavy atom. The van der Waals surface area contributed by atoms with Crippen LogP contribution in [0, 0.1) is 11.3 Å². The molecule has 2 N–H and O–H groups in total. The number of thiophene rings is 1. The molecule has 0 bridgehead atoms. The maximum Gasteiger partial charge on any atom is 0.161 e. The first-order valence-corrected chi connectivity index (χ1v) is 13.1. The van der Waals surface area contributed by atoms with Crippen LogP contribution in [0.1, 0.15) is 49.5 Å². The van der Waals surface area contributed by atoms with E-state index < -0.39 is 5.92 Å². The molecule has 2 aromatic rings. The average Bonchev–Trinajstić information content (AvgIpc) is 3.18. The minimum absolute atomic E-state index is 0.0817. The van der Waals surface area contributed by atoms with Crippen LogP contribution < -0.4 is 10.6 Å². The molecule has 0 amide bonds. The standard InChI is InChI=1S/C24H23Cl2N3OS2/c1-3-14-11-15(24(32-14)31-4-2)21-16(12-27)23(28)29(13-8-9-17(25)18(26)10-13)19-6-5-7-20(30)22(19)21/h8-11,21H,3-7,28H2,1-2H3/t21-/m1/s1. The number of anilines is 1. The Morgan fingerprint density at radius 3 is 2.69 bits per heavy atom. The van der Waals surface area contributed by atoms with E-state index in [2.05, 4.69) is 26.0 Å². The Labute approximate surface area is 206 Å². The summed E-state index contributed by atoms with van der Waals surface area (Å²) in [6.07, 6.45) is 2.84. The maximum atomic E-state index is 13.3. The highest BCUT2D eigenvalue weighted by Gasteiger charge is 2.41. The van der Waals surface area contributed by atoms with Gasteiger partial charge in [-0.2, -0.15) is 5.26 Å². The van der Waals surface area contributed by atoms with Crippen molar-refractivity contribution in [3.05, 3.63) is 67.4 Å². The second kappa shape index (κ2) is 9.52. The number of hydrogen-bond acceptors (Lipinski definition) is 6. The van der Waals surface area contributed by atoms with Crippen LogP contribution in [0.5, 0.6) is 0 Å². The minimum Gasteiger partial charge on any atom is -0.384 e. The zero-order valence-electron chi connectivity index (χ0n) is 17.9. The van der Waals surface area contributed by atoms with Crippen molar-refractivity contribution in [2.75, 3.05) is 10.7 Å². The Balaban J connectivity index is 1.97. The summed E-state index contributed by atoms with van der Waals surface area (Å²) >= 11 is 15.9. The van der Waals surface area contributed by atoms with Gasteiger partial charge >= 0.3 is 0 Å². The van der Waals surface area contributed by atoms with Crippen molar-refractivity contribution < 1.29 is 4.79 Å². The number of ketones is 1. The van der Waals surface area contributed by atoms with E-state index in [0.717, 1.165) is 34.1 Å². The number of aryl methyl sites for hydroxylation is 1. The third-order valence-corrected chi connectivity index (χ3v) is 9.00. The minimum atomic E-state index is -0.438. The fourth-order valence-electron chi connectivity index (χ4n) is 4.38. The van der Waals surface area contributed by atoms with Gasteiger partial charge in [-0.05, 0) is 54.8 Å². The molecule has 1 aromatic carbocycles. The largest absolute Gasteiger partial charge is 0.384 e. The number of carbonyl (C=O) groups excluding carboxylic acids is 1. The number of nitriles is 1. The van der Waals surface area contributed by atoms with Crippen molar-refractivity contribution in [3.8, 4) is 6.07 Å². The topological polar surface area (TPSA) is 70.1 Å². The van der Waals surface area contributed by atoms with E-state index in [1.165, 1.54) is 4.88 Å². The van der Waals surface area contributed by atoms with Crippen molar-refractivity contribution in [2.45, 2.75) is 49.7 Å². The Hall–Kier alpha value is -1.91. The molecule has 1 atom stereocenters. The van der Waals surface area contributed by atoms with Crippen molar-refractivity contribution in [2.24, 2.45) is 5.73 Å². The third-order valence-electron chi connectivity index (χ3n) is 5.79. The lowest BCUT2D eigenvalue weighted by Crippen LogP contribution is -2.38. The summed E-state index contributed by atoms with van der Waals surface area (Å²) in [7, 11) is 0. The van der Waals surface area contributed by atoms with Gasteiger partial charge in [0.2, 0.25) is 0 Å². The van der Waals surface area contributed by atoms with E-state index in [9.17, 15) is 10.1 Å². The van der Waals surface area contributed by atoms with Crippen molar-refractivity contribution in [1.29, 1.82) is 5.26 Å². The Morgan fingerprint density at radius 2 is 2.03 bits per heavy atom. The molecule has 0 saturated carbocycles. The molecule has 1 aliphatic heterocycles. The van der Waals surface area contributed by atoms with Gasteiger partial charge in [-0.1, -0.05) is 37.0 Å². The lowest BCUT2D eigenvalue weighted by molar-refractivity contribution is -0.116. The highest BCUT2D eigenvalue weighted by molar-refractivity contribution is 8.01. The highest BCUT2D eigenvalue weighted by atomic mass is 35.5. The predicted octanol–water partition coefficient (Wildman–Crippen LogP) is 7.03. The molecule has 8 heteroatoms. The Kier molecular flexibility index (Phi) is 6.92. The van der Waals surface area contributed by atoms with Crippen LogP contribution >= 0.6 is 46.3 Å². The summed E-state index contributed by atoms with van der Waals surface area (Å²) in [4.78, 5) is 16.4. The highest BCUT2D eigenvalue weighted by Crippen LogP contribution is 2.50. The average molecular weight is 505 g/mol. The van der Waals surface area contributed by atoms with Crippen LogP contribution in [0.4, 0.5) is 5.69 Å². The number of carbonyl (C=O) groups is 1. The Bertz CT molecular complexity index is 1190. The predicted molar refractivity (Wildman–Crippen MR) is 134 cm³/mol. The molecule has 4 rings (SSSR count). The van der Waals surface area contributed by atoms with Crippen LogP contribution in [-0.4, -0.2) is 11.5 Å². The number of nitrogens with zero attached hydrogens (tertiary/aromatic N) is 2. The normalized spacial score (nSPS) is 18.8. The van der Waals surface area contributed by atoms with Crippen LogP contribution in [0.2, 0.25) is 10.0 Å². The molecule has 0 unspecified atom stereocenters. The van der Waals surface area contributed by atoms with Gasteiger partial charge in [-0.3, -0.25) is 9.69 Å². The molecule has 32 heavy (non-hydrogen) atoms. The van der Waals surface area contributed by atoms with Crippen molar-refractivity contribution >= 4 is 57.8 Å². The van der Waals surface area contributed by atoms with Crippen LogP contribution in [-0.2, 0) is 11.2 Å². The second-order valence-electron chi connectivity index (χ2n) is 7.66. The number of allylic oxidation sites excluding steroid dienone is 3. The molecular formula is C24H23Cl2N3OS2. The molecule has 166 valence electrons. The van der Waals surface area contributed by atoms with Gasteiger partial charge in [0.25, 0.3) is 0 Å². The molecule has 4 nitrogen and oxygen atoms in total. The molecular weight excluding hydrogens is 481 g/mol. The van der Waals surface area contributed by atoms with Crippen LogP contribution in [0.25, 0.3) is 0 Å². The maximum absolute atomic E-state index is 13.3. The third kappa shape index (κ3) is 3.97. The van der Waals surface area contributed by atoms with Gasteiger partial charge in [0.15, 0.2) is 5.78 Å². The van der Waals surface area contributed by atoms with E-state index in [1.807, 2.05) is 11.0 Å². The van der Waals surface area contributed by atoms with Gasteiger partial charge in [0.1, 0.15) is 5.82 Å². The van der Waals surface area contributed by atoms with Gasteiger partial charge in [0.05, 0.1) is 31.8 Å². The molecule has 2 aliphatic rings. The van der Waals surface area contributed by atoms with Gasteiger partial charge in [-0.15, -0.1) is 23.1 Å². The number of hydrogen-bond donors (Lipinski definition) is 1. The summed E-state index contributed by atoms with van der Waals surface area (Å²) in [6.45, 7) is 4.23. The van der Waals surface area contributed by atoms with Gasteiger partial charge < -0.3 is 5.73 Å². The number of rotatable bonds is 5. The van der Waals surface area contributed by atoms with E-state index in [0.29, 0.717) is 45.5 Å². The van der Waals surface area contributed by atoms with E-state index in [4.69, 9.17) is 28.9 Å². The molecule has 0 spiro atoms. The summed E-state index contributed by atoms with van der Waals surface area (Å²) in [6, 6.07) is 9.75. The molecule has 1 aromatic heterocycles. The SMILES string of the molecule is CCSc1sc(CC)cc1[C@@H]1C(C#N)=C(N)N(c2ccc(Cl)c(Cl)c2)C2=C1C(=O)CCC2. The number of benzene rings is 1. The number of halogens is 2. The van der Waals surface area contributed by atoms with Crippen LogP contribution in [0.15, 0.2) is 51.1 Å². The smallest absolute Gasteiger partial charge is 0.161 e. The molecule has 0 saturated heterocycles.